The molecule has 1 atom stereocenters. The highest BCUT2D eigenvalue weighted by molar-refractivity contribution is 5.68. The number of alkyl halides is 2. The third kappa shape index (κ3) is 3.52. The number of nitrogens with two attached hydrogens (primary N) is 1. The zero-order chi connectivity index (χ0) is 13.4. The van der Waals surface area contributed by atoms with Crippen LogP contribution in [0.15, 0.2) is 0 Å². The van der Waals surface area contributed by atoms with Crippen molar-refractivity contribution in [2.75, 3.05) is 7.05 Å². The lowest BCUT2D eigenvalue weighted by molar-refractivity contribution is -0.0157. The summed E-state index contributed by atoms with van der Waals surface area (Å²) in [6, 6.07) is -1.28. The SMILES string of the molecule is CN(C(=O)OC(C)(C)C)C(C(F)F)C1(N)CC1. The second-order valence-corrected chi connectivity index (χ2v) is 5.60. The summed E-state index contributed by atoms with van der Waals surface area (Å²) in [5, 5.41) is 0. The number of carbonyl (C=O) groups is 1. The maximum absolute atomic E-state index is 12.9. The van der Waals surface area contributed by atoms with E-state index in [4.69, 9.17) is 10.5 Å². The average molecular weight is 250 g/mol. The smallest absolute Gasteiger partial charge is 0.410 e. The van der Waals surface area contributed by atoms with Crippen molar-refractivity contribution in [3.63, 3.8) is 0 Å². The highest BCUT2D eigenvalue weighted by atomic mass is 19.3. The van der Waals surface area contributed by atoms with Crippen LogP contribution in [0.25, 0.3) is 0 Å². The lowest BCUT2D eigenvalue weighted by Crippen LogP contribution is -2.55. The van der Waals surface area contributed by atoms with Crippen LogP contribution in [0.5, 0.6) is 0 Å². The van der Waals surface area contributed by atoms with Crippen LogP contribution in [-0.4, -0.2) is 41.6 Å². The predicted molar refractivity (Wildman–Crippen MR) is 59.9 cm³/mol. The lowest BCUT2D eigenvalue weighted by atomic mass is 10.1. The molecule has 1 aliphatic carbocycles. The Kier molecular flexibility index (Phi) is 3.66. The Labute approximate surface area is 100 Å². The van der Waals surface area contributed by atoms with Crippen molar-refractivity contribution in [1.29, 1.82) is 0 Å². The predicted octanol–water partition coefficient (Wildman–Crippen LogP) is 1.98. The second-order valence-electron chi connectivity index (χ2n) is 5.60. The first-order chi connectivity index (χ1) is 7.57. The van der Waals surface area contributed by atoms with Gasteiger partial charge in [-0.25, -0.2) is 13.6 Å². The maximum atomic E-state index is 12.9. The van der Waals surface area contributed by atoms with Crippen LogP contribution >= 0.6 is 0 Å². The van der Waals surface area contributed by atoms with E-state index in [-0.39, 0.29) is 0 Å². The van der Waals surface area contributed by atoms with Gasteiger partial charge in [0.2, 0.25) is 0 Å². The minimum atomic E-state index is -2.67. The van der Waals surface area contributed by atoms with Crippen LogP contribution in [0, 0.1) is 0 Å². The van der Waals surface area contributed by atoms with E-state index in [1.54, 1.807) is 20.8 Å². The molecule has 0 aromatic rings. The standard InChI is InChI=1S/C11H20F2N2O2/c1-10(2,3)17-9(16)15(4)7(8(12)13)11(14)5-6-11/h7-8H,5-6,14H2,1-4H3. The number of likely N-dealkylation sites (N-methyl/N-ethyl adjacent to an activating group) is 1. The van der Waals surface area contributed by atoms with E-state index in [2.05, 4.69) is 0 Å². The quantitative estimate of drug-likeness (QED) is 0.833. The van der Waals surface area contributed by atoms with Crippen molar-refractivity contribution < 1.29 is 18.3 Å². The molecule has 1 saturated carbocycles. The number of nitrogens with zero attached hydrogens (tertiary/aromatic N) is 1. The van der Waals surface area contributed by atoms with Crippen LogP contribution in [-0.2, 0) is 4.74 Å². The zero-order valence-corrected chi connectivity index (χ0v) is 10.7. The summed E-state index contributed by atoms with van der Waals surface area (Å²) in [7, 11) is 1.30. The maximum Gasteiger partial charge on any atom is 0.410 e. The molecule has 0 aliphatic heterocycles. The van der Waals surface area contributed by atoms with Crippen molar-refractivity contribution in [2.24, 2.45) is 5.73 Å². The Bertz CT molecular complexity index is 298. The summed E-state index contributed by atoms with van der Waals surface area (Å²) in [5.41, 5.74) is 4.10. The molecule has 1 fully saturated rings. The number of hydrogen-bond donors (Lipinski definition) is 1. The second kappa shape index (κ2) is 4.40. The molecule has 4 nitrogen and oxygen atoms in total. The molecule has 1 rings (SSSR count). The number of ether oxygens (including phenoxy) is 1. The number of amides is 1. The van der Waals surface area contributed by atoms with Crippen LogP contribution in [0.3, 0.4) is 0 Å². The van der Waals surface area contributed by atoms with Gasteiger partial charge in [-0.1, -0.05) is 0 Å². The van der Waals surface area contributed by atoms with Crippen molar-refractivity contribution in [2.45, 2.75) is 57.2 Å². The number of halogens is 2. The molecular weight excluding hydrogens is 230 g/mol. The van der Waals surface area contributed by atoms with Crippen LogP contribution in [0.1, 0.15) is 33.6 Å². The fraction of sp³-hybridized carbons (Fsp3) is 0.909. The van der Waals surface area contributed by atoms with E-state index in [1.165, 1.54) is 7.05 Å². The van der Waals surface area contributed by atoms with Gasteiger partial charge in [-0.3, -0.25) is 0 Å². The first kappa shape index (κ1) is 14.2. The normalized spacial score (nSPS) is 20.0. The largest absolute Gasteiger partial charge is 0.444 e. The van der Waals surface area contributed by atoms with Crippen LogP contribution < -0.4 is 5.73 Å². The highest BCUT2D eigenvalue weighted by Gasteiger charge is 2.53. The molecule has 1 unspecified atom stereocenters. The summed E-state index contributed by atoms with van der Waals surface area (Å²) in [6.07, 6.45) is -2.41. The van der Waals surface area contributed by atoms with Crippen molar-refractivity contribution in [3.05, 3.63) is 0 Å². The summed E-state index contributed by atoms with van der Waals surface area (Å²) in [6.45, 7) is 5.06. The van der Waals surface area contributed by atoms with Gasteiger partial charge >= 0.3 is 6.09 Å². The molecule has 2 N–H and O–H groups in total. The van der Waals surface area contributed by atoms with E-state index in [0.29, 0.717) is 12.8 Å². The summed E-state index contributed by atoms with van der Waals surface area (Å²) < 4.78 is 31.0. The first-order valence-electron chi connectivity index (χ1n) is 5.60. The van der Waals surface area contributed by atoms with Crippen LogP contribution in [0.2, 0.25) is 0 Å². The number of rotatable bonds is 3. The van der Waals surface area contributed by atoms with Gasteiger partial charge in [-0.15, -0.1) is 0 Å². The van der Waals surface area contributed by atoms with E-state index in [9.17, 15) is 13.6 Å². The average Bonchev–Trinajstić information content (AvgIpc) is 2.80. The number of hydrogen-bond acceptors (Lipinski definition) is 3. The van der Waals surface area contributed by atoms with E-state index >= 15 is 0 Å². The van der Waals surface area contributed by atoms with Crippen molar-refractivity contribution >= 4 is 6.09 Å². The minimum absolute atomic E-state index is 0.509. The molecular formula is C11H20F2N2O2. The topological polar surface area (TPSA) is 55.6 Å². The molecule has 17 heavy (non-hydrogen) atoms. The third-order valence-electron chi connectivity index (χ3n) is 2.75. The van der Waals surface area contributed by atoms with E-state index in [0.717, 1.165) is 4.90 Å². The Morgan fingerprint density at radius 3 is 2.18 bits per heavy atom. The number of carbonyl (C=O) groups excluding carboxylic acids is 1. The molecule has 0 saturated heterocycles. The third-order valence-corrected chi connectivity index (χ3v) is 2.75. The molecule has 0 aromatic heterocycles. The summed E-state index contributed by atoms with van der Waals surface area (Å²) in [4.78, 5) is 12.6. The van der Waals surface area contributed by atoms with Gasteiger partial charge in [0.15, 0.2) is 0 Å². The molecule has 1 amide bonds. The summed E-state index contributed by atoms with van der Waals surface area (Å²) >= 11 is 0. The molecule has 0 bridgehead atoms. The highest BCUT2D eigenvalue weighted by Crippen LogP contribution is 2.40. The molecule has 6 heteroatoms. The Morgan fingerprint density at radius 2 is 1.88 bits per heavy atom. The van der Waals surface area contributed by atoms with Crippen molar-refractivity contribution in [3.8, 4) is 0 Å². The first-order valence-corrected chi connectivity index (χ1v) is 5.60. The molecule has 1 aliphatic rings. The Balaban J connectivity index is 2.72. The molecule has 0 heterocycles. The lowest BCUT2D eigenvalue weighted by Gasteiger charge is -2.33. The van der Waals surface area contributed by atoms with Gasteiger partial charge in [0.05, 0.1) is 0 Å². The fourth-order valence-corrected chi connectivity index (χ4v) is 1.69. The van der Waals surface area contributed by atoms with Gasteiger partial charge in [0, 0.05) is 12.6 Å². The fourth-order valence-electron chi connectivity index (χ4n) is 1.69. The Hall–Kier alpha value is -0.910. The molecule has 0 aromatic carbocycles. The van der Waals surface area contributed by atoms with Gasteiger partial charge in [0.25, 0.3) is 6.43 Å². The van der Waals surface area contributed by atoms with Gasteiger partial charge in [0.1, 0.15) is 11.6 Å². The monoisotopic (exact) mass is 250 g/mol. The zero-order valence-electron chi connectivity index (χ0n) is 10.7. The molecule has 0 radical (unpaired) electrons. The van der Waals surface area contributed by atoms with Gasteiger partial charge in [-0.2, -0.15) is 0 Å². The van der Waals surface area contributed by atoms with E-state index in [1.807, 2.05) is 0 Å². The van der Waals surface area contributed by atoms with Gasteiger partial charge in [-0.05, 0) is 33.6 Å². The van der Waals surface area contributed by atoms with Gasteiger partial charge < -0.3 is 15.4 Å². The Morgan fingerprint density at radius 1 is 1.41 bits per heavy atom. The minimum Gasteiger partial charge on any atom is -0.444 e. The van der Waals surface area contributed by atoms with Crippen molar-refractivity contribution in [1.82, 2.24) is 4.90 Å². The molecule has 100 valence electrons. The van der Waals surface area contributed by atoms with Crippen LogP contribution in [0.4, 0.5) is 13.6 Å². The molecule has 0 spiro atoms. The van der Waals surface area contributed by atoms with E-state index < -0.39 is 29.7 Å². The summed E-state index contributed by atoms with van der Waals surface area (Å²) in [5.74, 6) is 0.